The van der Waals surface area contributed by atoms with E-state index in [9.17, 15) is 5.11 Å². The molecular formula is C22H26N4O. The minimum absolute atomic E-state index is 0.224. The normalized spacial score (nSPS) is 18.3. The lowest BCUT2D eigenvalue weighted by Gasteiger charge is -2.38. The van der Waals surface area contributed by atoms with Crippen LogP contribution in [0, 0.1) is 5.92 Å². The van der Waals surface area contributed by atoms with Gasteiger partial charge in [-0.15, -0.1) is 0 Å². The van der Waals surface area contributed by atoms with Crippen LogP contribution in [0.2, 0.25) is 0 Å². The first-order valence-corrected chi connectivity index (χ1v) is 9.52. The molecule has 3 aromatic rings. The molecule has 2 aromatic heterocycles. The number of aromatic nitrogens is 2. The van der Waals surface area contributed by atoms with Crippen molar-refractivity contribution < 1.29 is 5.11 Å². The van der Waals surface area contributed by atoms with Crippen molar-refractivity contribution in [3.8, 4) is 0 Å². The Bertz CT molecular complexity index is 918. The van der Waals surface area contributed by atoms with Crippen molar-refractivity contribution in [2.45, 2.75) is 25.4 Å². The summed E-state index contributed by atoms with van der Waals surface area (Å²) >= 11 is 0. The van der Waals surface area contributed by atoms with Crippen molar-refractivity contribution in [1.82, 2.24) is 14.9 Å². The lowest BCUT2D eigenvalue weighted by Crippen LogP contribution is -2.41. The summed E-state index contributed by atoms with van der Waals surface area (Å²) in [5.74, 6) is 0.972. The van der Waals surface area contributed by atoms with Crippen molar-refractivity contribution in [3.63, 3.8) is 0 Å². The zero-order valence-electron chi connectivity index (χ0n) is 15.9. The number of piperidine rings is 1. The number of likely N-dealkylation sites (tertiary alicyclic amines) is 1. The van der Waals surface area contributed by atoms with E-state index < -0.39 is 5.60 Å². The predicted octanol–water partition coefficient (Wildman–Crippen LogP) is 3.92. The van der Waals surface area contributed by atoms with Gasteiger partial charge in [-0.2, -0.15) is 0 Å². The zero-order valence-corrected chi connectivity index (χ0v) is 15.9. The van der Waals surface area contributed by atoms with E-state index in [0.717, 1.165) is 54.0 Å². The van der Waals surface area contributed by atoms with Gasteiger partial charge in [0, 0.05) is 23.3 Å². The van der Waals surface area contributed by atoms with E-state index in [1.54, 1.807) is 0 Å². The maximum absolute atomic E-state index is 11.2. The number of rotatable bonds is 4. The zero-order chi connectivity index (χ0) is 18.9. The maximum Gasteiger partial charge on any atom is 0.132 e. The number of para-hydroxylation sites is 1. The van der Waals surface area contributed by atoms with Gasteiger partial charge in [0.25, 0.3) is 0 Å². The summed E-state index contributed by atoms with van der Waals surface area (Å²) in [6, 6.07) is 15.8. The van der Waals surface area contributed by atoms with Crippen molar-refractivity contribution in [1.29, 1.82) is 0 Å². The van der Waals surface area contributed by atoms with Crippen LogP contribution in [-0.4, -0.2) is 40.1 Å². The predicted molar refractivity (Wildman–Crippen MR) is 109 cm³/mol. The molecule has 1 fully saturated rings. The Balaban J connectivity index is 1.62. The first kappa shape index (κ1) is 17.9. The van der Waals surface area contributed by atoms with Gasteiger partial charge < -0.3 is 15.3 Å². The lowest BCUT2D eigenvalue weighted by atomic mass is 9.79. The van der Waals surface area contributed by atoms with E-state index >= 15 is 0 Å². The first-order chi connectivity index (χ1) is 13.0. The van der Waals surface area contributed by atoms with Crippen LogP contribution in [0.5, 0.6) is 0 Å². The van der Waals surface area contributed by atoms with Crippen molar-refractivity contribution in [2.24, 2.45) is 5.92 Å². The van der Waals surface area contributed by atoms with Crippen LogP contribution in [-0.2, 0) is 5.60 Å². The highest BCUT2D eigenvalue weighted by atomic mass is 16.3. The second-order valence-electron chi connectivity index (χ2n) is 7.67. The van der Waals surface area contributed by atoms with Gasteiger partial charge in [0.1, 0.15) is 11.4 Å². The van der Waals surface area contributed by atoms with Crippen LogP contribution in [0.1, 0.15) is 25.5 Å². The fourth-order valence-electron chi connectivity index (χ4n) is 3.82. The summed E-state index contributed by atoms with van der Waals surface area (Å²) in [6.07, 6.45) is 3.79. The molecule has 0 amide bonds. The number of nitrogens with zero attached hydrogens (tertiary/aromatic N) is 3. The van der Waals surface area contributed by atoms with Crippen LogP contribution >= 0.6 is 0 Å². The molecule has 1 saturated heterocycles. The Kier molecular flexibility index (Phi) is 4.81. The van der Waals surface area contributed by atoms with Crippen LogP contribution < -0.4 is 5.32 Å². The molecule has 140 valence electrons. The fourth-order valence-corrected chi connectivity index (χ4v) is 3.82. The molecule has 4 rings (SSSR count). The van der Waals surface area contributed by atoms with Gasteiger partial charge in [-0.05, 0) is 70.1 Å². The molecule has 0 spiro atoms. The molecule has 0 unspecified atom stereocenters. The molecule has 5 heteroatoms. The molecule has 3 heterocycles. The minimum Gasteiger partial charge on any atom is -0.384 e. The van der Waals surface area contributed by atoms with Crippen molar-refractivity contribution in [2.75, 3.05) is 25.5 Å². The monoisotopic (exact) mass is 362 g/mol. The Morgan fingerprint density at radius 2 is 1.85 bits per heavy atom. The number of pyridine rings is 2. The second kappa shape index (κ2) is 7.25. The van der Waals surface area contributed by atoms with Gasteiger partial charge >= 0.3 is 0 Å². The maximum atomic E-state index is 11.2. The molecule has 1 aliphatic heterocycles. The number of anilines is 2. The minimum atomic E-state index is -0.925. The molecule has 0 radical (unpaired) electrons. The van der Waals surface area contributed by atoms with Gasteiger partial charge in [0.15, 0.2) is 0 Å². The number of fused-ring (bicyclic) bond motifs is 1. The Labute approximate surface area is 160 Å². The Morgan fingerprint density at radius 1 is 1.11 bits per heavy atom. The van der Waals surface area contributed by atoms with Gasteiger partial charge in [0.05, 0.1) is 11.2 Å². The summed E-state index contributed by atoms with van der Waals surface area (Å²) in [7, 11) is 2.13. The number of nitrogens with one attached hydrogen (secondary N) is 1. The molecule has 1 aromatic carbocycles. The van der Waals surface area contributed by atoms with E-state index in [1.807, 2.05) is 61.7 Å². The molecule has 2 N–H and O–H groups in total. The number of hydrogen-bond donors (Lipinski definition) is 2. The average Bonchev–Trinajstić information content (AvgIpc) is 2.68. The third-order valence-electron chi connectivity index (χ3n) is 5.65. The molecule has 0 aliphatic carbocycles. The van der Waals surface area contributed by atoms with Gasteiger partial charge in [-0.25, -0.2) is 9.97 Å². The van der Waals surface area contributed by atoms with Crippen molar-refractivity contribution >= 4 is 22.4 Å². The SMILES string of the molecule is CN1CCC([C@@](C)(O)c2ccc3cnc(Nc4ccccc4)cc3n2)CC1. The third-order valence-corrected chi connectivity index (χ3v) is 5.65. The largest absolute Gasteiger partial charge is 0.384 e. The molecule has 0 saturated carbocycles. The molecular weight excluding hydrogens is 336 g/mol. The molecule has 1 aliphatic rings. The standard InChI is InChI=1S/C22H26N4O/c1-22(27,17-10-12-26(2)13-11-17)20-9-8-16-15-23-21(14-19(16)25-20)24-18-6-4-3-5-7-18/h3-9,14-15,17,27H,10-13H2,1-2H3,(H,23,24)/t22-/m1/s1. The fraction of sp³-hybridized carbons (Fsp3) is 0.364. The molecule has 27 heavy (non-hydrogen) atoms. The van der Waals surface area contributed by atoms with Crippen LogP contribution in [0.4, 0.5) is 11.5 Å². The average molecular weight is 362 g/mol. The lowest BCUT2D eigenvalue weighted by molar-refractivity contribution is -0.0334. The molecule has 1 atom stereocenters. The van der Waals surface area contributed by atoms with Crippen molar-refractivity contribution in [3.05, 3.63) is 60.4 Å². The van der Waals surface area contributed by atoms with Gasteiger partial charge in [-0.3, -0.25) is 0 Å². The second-order valence-corrected chi connectivity index (χ2v) is 7.67. The number of hydrogen-bond acceptors (Lipinski definition) is 5. The van der Waals surface area contributed by atoms with E-state index in [4.69, 9.17) is 4.98 Å². The van der Waals surface area contributed by atoms with Gasteiger partial charge in [0.2, 0.25) is 0 Å². The Morgan fingerprint density at radius 3 is 2.59 bits per heavy atom. The smallest absolute Gasteiger partial charge is 0.132 e. The summed E-state index contributed by atoms with van der Waals surface area (Å²) in [5.41, 5.74) is 1.64. The Hall–Kier alpha value is -2.50. The topological polar surface area (TPSA) is 61.3 Å². The van der Waals surface area contributed by atoms with Gasteiger partial charge in [-0.1, -0.05) is 18.2 Å². The quantitative estimate of drug-likeness (QED) is 0.736. The summed E-state index contributed by atoms with van der Waals surface area (Å²) in [4.78, 5) is 11.6. The van der Waals surface area contributed by atoms with E-state index in [1.165, 1.54) is 0 Å². The summed E-state index contributed by atoms with van der Waals surface area (Å²) in [6.45, 7) is 3.94. The highest BCUT2D eigenvalue weighted by Crippen LogP contribution is 2.35. The van der Waals surface area contributed by atoms with E-state index in [0.29, 0.717) is 0 Å². The highest BCUT2D eigenvalue weighted by molar-refractivity contribution is 5.81. The first-order valence-electron chi connectivity index (χ1n) is 9.52. The number of benzene rings is 1. The molecule has 0 bridgehead atoms. The van der Waals surface area contributed by atoms with E-state index in [2.05, 4.69) is 22.2 Å². The van der Waals surface area contributed by atoms with Crippen LogP contribution in [0.15, 0.2) is 54.7 Å². The van der Waals surface area contributed by atoms with Crippen LogP contribution in [0.3, 0.4) is 0 Å². The number of aliphatic hydroxyl groups is 1. The third kappa shape index (κ3) is 3.80. The van der Waals surface area contributed by atoms with E-state index in [-0.39, 0.29) is 5.92 Å². The summed E-state index contributed by atoms with van der Waals surface area (Å²) in [5, 5.41) is 15.5. The summed E-state index contributed by atoms with van der Waals surface area (Å²) < 4.78 is 0. The molecule has 5 nitrogen and oxygen atoms in total. The van der Waals surface area contributed by atoms with Crippen LogP contribution in [0.25, 0.3) is 10.9 Å². The highest BCUT2D eigenvalue weighted by Gasteiger charge is 2.36.